The minimum absolute atomic E-state index is 0.135. The third-order valence-electron chi connectivity index (χ3n) is 4.77. The molecule has 0 saturated carbocycles. The number of carbonyl (C=O) groups is 1. The van der Waals surface area contributed by atoms with Crippen LogP contribution >= 0.6 is 23.4 Å². The number of benzene rings is 2. The number of nitrogens with zero attached hydrogens (tertiary/aromatic N) is 1. The van der Waals surface area contributed by atoms with Crippen LogP contribution in [0.4, 0.5) is 0 Å². The zero-order chi connectivity index (χ0) is 21.5. The van der Waals surface area contributed by atoms with Gasteiger partial charge in [0, 0.05) is 28.5 Å². The number of aromatic amines is 1. The topological polar surface area (TPSA) is 74.8 Å². The molecule has 1 atom stereocenters. The van der Waals surface area contributed by atoms with Gasteiger partial charge in [-0.3, -0.25) is 9.59 Å². The van der Waals surface area contributed by atoms with E-state index < -0.39 is 0 Å². The molecule has 0 bridgehead atoms. The number of nitrogens with one attached hydrogen (secondary N) is 2. The highest BCUT2D eigenvalue weighted by Crippen LogP contribution is 2.22. The van der Waals surface area contributed by atoms with Crippen molar-refractivity contribution >= 4 is 29.3 Å². The molecule has 0 aliphatic rings. The van der Waals surface area contributed by atoms with Crippen LogP contribution in [0.5, 0.6) is 0 Å². The molecule has 0 spiro atoms. The zero-order valence-corrected chi connectivity index (χ0v) is 18.5. The molecule has 3 rings (SSSR count). The van der Waals surface area contributed by atoms with Gasteiger partial charge in [0.25, 0.3) is 5.56 Å². The number of H-pyrrole nitrogens is 1. The number of carbonyl (C=O) groups excluding carboxylic acids is 1. The predicted molar refractivity (Wildman–Crippen MR) is 122 cm³/mol. The summed E-state index contributed by atoms with van der Waals surface area (Å²) >= 11 is 7.67. The highest BCUT2D eigenvalue weighted by atomic mass is 35.5. The maximum atomic E-state index is 12.5. The van der Waals surface area contributed by atoms with E-state index >= 15 is 0 Å². The molecule has 0 aliphatic carbocycles. The summed E-state index contributed by atoms with van der Waals surface area (Å²) in [6, 6.07) is 17.2. The van der Waals surface area contributed by atoms with Crippen molar-refractivity contribution in [3.05, 3.63) is 92.4 Å². The summed E-state index contributed by atoms with van der Waals surface area (Å²) in [5, 5.41) is 4.14. The number of amides is 1. The highest BCUT2D eigenvalue weighted by Gasteiger charge is 2.14. The fourth-order valence-electron chi connectivity index (χ4n) is 3.13. The molecule has 1 amide bonds. The summed E-state index contributed by atoms with van der Waals surface area (Å²) in [7, 11) is 0. The van der Waals surface area contributed by atoms with E-state index in [4.69, 9.17) is 11.6 Å². The molecule has 0 unspecified atom stereocenters. The first-order valence-electron chi connectivity index (χ1n) is 9.74. The number of thioether (sulfide) groups is 1. The van der Waals surface area contributed by atoms with Crippen LogP contribution in [0, 0.1) is 6.92 Å². The largest absolute Gasteiger partial charge is 0.350 e. The van der Waals surface area contributed by atoms with Gasteiger partial charge in [0.05, 0.1) is 6.04 Å². The smallest absolute Gasteiger partial charge is 0.254 e. The van der Waals surface area contributed by atoms with E-state index in [0.717, 1.165) is 16.9 Å². The number of hydrogen-bond acceptors (Lipinski definition) is 4. The molecular weight excluding hydrogens is 418 g/mol. The minimum Gasteiger partial charge on any atom is -0.350 e. The Kier molecular flexibility index (Phi) is 7.71. The van der Waals surface area contributed by atoms with E-state index in [2.05, 4.69) is 15.3 Å². The summed E-state index contributed by atoms with van der Waals surface area (Å²) < 4.78 is 0. The van der Waals surface area contributed by atoms with E-state index in [9.17, 15) is 9.59 Å². The summed E-state index contributed by atoms with van der Waals surface area (Å²) in [4.78, 5) is 32.2. The highest BCUT2D eigenvalue weighted by molar-refractivity contribution is 7.98. The maximum absolute atomic E-state index is 12.5. The third-order valence-corrected chi connectivity index (χ3v) is 6.06. The van der Waals surface area contributed by atoms with Crippen molar-refractivity contribution in [3.8, 4) is 0 Å². The van der Waals surface area contributed by atoms with Gasteiger partial charge >= 0.3 is 0 Å². The SMILES string of the molecule is Cc1nc(SCc2ccccc2)[nH]c(=O)c1CCC(=O)N[C@H](C)c1ccccc1Cl. The van der Waals surface area contributed by atoms with Gasteiger partial charge in [-0.05, 0) is 37.5 Å². The molecule has 30 heavy (non-hydrogen) atoms. The Balaban J connectivity index is 1.58. The Labute approximate surface area is 185 Å². The normalized spacial score (nSPS) is 11.8. The average Bonchev–Trinajstić information content (AvgIpc) is 2.72. The molecule has 7 heteroatoms. The van der Waals surface area contributed by atoms with Crippen molar-refractivity contribution in [1.82, 2.24) is 15.3 Å². The van der Waals surface area contributed by atoms with E-state index in [1.54, 1.807) is 13.0 Å². The molecule has 0 saturated heterocycles. The van der Waals surface area contributed by atoms with Crippen molar-refractivity contribution in [3.63, 3.8) is 0 Å². The van der Waals surface area contributed by atoms with Gasteiger partial charge in [-0.15, -0.1) is 0 Å². The van der Waals surface area contributed by atoms with E-state index in [-0.39, 0.29) is 23.9 Å². The lowest BCUT2D eigenvalue weighted by Gasteiger charge is -2.15. The average molecular weight is 442 g/mol. The molecule has 1 aromatic heterocycles. The summed E-state index contributed by atoms with van der Waals surface area (Å²) in [5.41, 5.74) is 3.03. The minimum atomic E-state index is -0.208. The van der Waals surface area contributed by atoms with Crippen molar-refractivity contribution in [1.29, 1.82) is 0 Å². The van der Waals surface area contributed by atoms with Crippen molar-refractivity contribution in [2.45, 2.75) is 43.6 Å². The van der Waals surface area contributed by atoms with Crippen LogP contribution in [0.3, 0.4) is 0 Å². The molecule has 2 N–H and O–H groups in total. The standard InChI is InChI=1S/C23H24ClN3O2S/c1-15(18-10-6-7-11-20(18)24)25-21(28)13-12-19-16(2)26-23(27-22(19)29)30-14-17-8-4-3-5-9-17/h3-11,15H,12-14H2,1-2H3,(H,25,28)(H,26,27,29)/t15-/m1/s1. The number of aryl methyl sites for hydroxylation is 1. The number of rotatable bonds is 8. The molecule has 0 radical (unpaired) electrons. The van der Waals surface area contributed by atoms with Crippen LogP contribution < -0.4 is 10.9 Å². The molecule has 3 aromatic rings. The first-order chi connectivity index (χ1) is 14.4. The first-order valence-corrected chi connectivity index (χ1v) is 11.1. The lowest BCUT2D eigenvalue weighted by molar-refractivity contribution is -0.121. The fraction of sp³-hybridized carbons (Fsp3) is 0.261. The Morgan fingerprint density at radius 3 is 2.57 bits per heavy atom. The maximum Gasteiger partial charge on any atom is 0.254 e. The number of halogens is 1. The first kappa shape index (κ1) is 22.1. The molecular formula is C23H24ClN3O2S. The molecule has 2 aromatic carbocycles. The zero-order valence-electron chi connectivity index (χ0n) is 16.9. The Morgan fingerprint density at radius 1 is 1.17 bits per heavy atom. The van der Waals surface area contributed by atoms with E-state index in [1.165, 1.54) is 11.8 Å². The van der Waals surface area contributed by atoms with Crippen LogP contribution in [-0.4, -0.2) is 15.9 Å². The van der Waals surface area contributed by atoms with Crippen molar-refractivity contribution < 1.29 is 4.79 Å². The second kappa shape index (κ2) is 10.5. The Morgan fingerprint density at radius 2 is 1.87 bits per heavy atom. The Hall–Kier alpha value is -2.57. The molecule has 1 heterocycles. The Bertz CT molecular complexity index is 1070. The van der Waals surface area contributed by atoms with Crippen LogP contribution in [0.15, 0.2) is 64.5 Å². The molecule has 5 nitrogen and oxygen atoms in total. The predicted octanol–water partition coefficient (Wildman–Crippen LogP) is 4.83. The van der Waals surface area contributed by atoms with Gasteiger partial charge in [0.2, 0.25) is 5.91 Å². The van der Waals surface area contributed by atoms with E-state index in [0.29, 0.717) is 27.9 Å². The van der Waals surface area contributed by atoms with Crippen molar-refractivity contribution in [2.75, 3.05) is 0 Å². The van der Waals surface area contributed by atoms with Crippen LogP contribution in [0.2, 0.25) is 5.02 Å². The summed E-state index contributed by atoms with van der Waals surface area (Å²) in [6.45, 7) is 3.69. The van der Waals surface area contributed by atoms with Gasteiger partial charge in [-0.1, -0.05) is 71.9 Å². The quantitative estimate of drug-likeness (QED) is 0.387. The monoisotopic (exact) mass is 441 g/mol. The third kappa shape index (κ3) is 5.97. The van der Waals surface area contributed by atoms with Gasteiger partial charge in [-0.2, -0.15) is 0 Å². The second-order valence-corrected chi connectivity index (χ2v) is 8.39. The van der Waals surface area contributed by atoms with Gasteiger partial charge in [-0.25, -0.2) is 4.98 Å². The molecule has 0 aliphatic heterocycles. The van der Waals surface area contributed by atoms with Crippen LogP contribution in [0.25, 0.3) is 0 Å². The molecule has 156 valence electrons. The summed E-state index contributed by atoms with van der Waals surface area (Å²) in [5.74, 6) is 0.592. The molecule has 0 fully saturated rings. The number of aromatic nitrogens is 2. The van der Waals surface area contributed by atoms with Crippen LogP contribution in [-0.2, 0) is 17.0 Å². The number of hydrogen-bond donors (Lipinski definition) is 2. The van der Waals surface area contributed by atoms with Crippen LogP contribution in [0.1, 0.15) is 41.8 Å². The van der Waals surface area contributed by atoms with Crippen molar-refractivity contribution in [2.24, 2.45) is 0 Å². The van der Waals surface area contributed by atoms with E-state index in [1.807, 2.05) is 55.5 Å². The van der Waals surface area contributed by atoms with Gasteiger partial charge in [0.1, 0.15) is 0 Å². The van der Waals surface area contributed by atoms with Gasteiger partial charge in [0.15, 0.2) is 5.16 Å². The van der Waals surface area contributed by atoms with Gasteiger partial charge < -0.3 is 10.3 Å². The lowest BCUT2D eigenvalue weighted by atomic mass is 10.1. The summed E-state index contributed by atoms with van der Waals surface area (Å²) in [6.07, 6.45) is 0.537. The lowest BCUT2D eigenvalue weighted by Crippen LogP contribution is -2.28. The second-order valence-electron chi connectivity index (χ2n) is 7.02. The fourth-order valence-corrected chi connectivity index (χ4v) is 4.29.